The van der Waals surface area contributed by atoms with Gasteiger partial charge in [0.2, 0.25) is 0 Å². The maximum absolute atomic E-state index is 11.0. The number of carboxylic acid groups (broad SMARTS) is 1. The Bertz CT molecular complexity index is 728. The third kappa shape index (κ3) is 3.26. The van der Waals surface area contributed by atoms with E-state index >= 15 is 0 Å². The quantitative estimate of drug-likeness (QED) is 0.820. The number of hydrogen-bond acceptors (Lipinski definition) is 4. The van der Waals surface area contributed by atoms with Crippen molar-refractivity contribution < 1.29 is 9.90 Å². The molecule has 5 nitrogen and oxygen atoms in total. The molecule has 0 fully saturated rings. The van der Waals surface area contributed by atoms with Gasteiger partial charge in [-0.15, -0.1) is 0 Å². The zero-order chi connectivity index (χ0) is 14.7. The Labute approximate surface area is 128 Å². The second-order valence-corrected chi connectivity index (χ2v) is 5.10. The number of nitriles is 1. The number of aromatic carboxylic acids is 1. The first kappa shape index (κ1) is 14.3. The number of anilines is 2. The van der Waals surface area contributed by atoms with Crippen LogP contribution in [-0.2, 0) is 0 Å². The first-order valence-corrected chi connectivity index (χ1v) is 6.54. The zero-order valence-corrected chi connectivity index (χ0v) is 12.2. The summed E-state index contributed by atoms with van der Waals surface area (Å²) in [6.07, 6.45) is 0. The number of halogens is 2. The molecule has 20 heavy (non-hydrogen) atoms. The fourth-order valence-corrected chi connectivity index (χ4v) is 2.11. The van der Waals surface area contributed by atoms with Gasteiger partial charge in [0.05, 0.1) is 16.8 Å². The minimum Gasteiger partial charge on any atom is -0.478 e. The Hall–Kier alpha value is -2.10. The number of rotatable bonds is 3. The summed E-state index contributed by atoms with van der Waals surface area (Å²) in [7, 11) is 0. The Balaban J connectivity index is 2.40. The van der Waals surface area contributed by atoms with Gasteiger partial charge in [0.15, 0.2) is 0 Å². The molecule has 0 aliphatic rings. The first-order valence-electron chi connectivity index (χ1n) is 5.37. The third-order valence-electron chi connectivity index (χ3n) is 2.41. The fraction of sp³-hybridized carbons (Fsp3) is 0. The second-order valence-electron chi connectivity index (χ2n) is 3.80. The van der Waals surface area contributed by atoms with Crippen LogP contribution in [0.2, 0.25) is 5.15 Å². The molecule has 1 aromatic carbocycles. The lowest BCUT2D eigenvalue weighted by Gasteiger charge is -2.09. The molecule has 0 aliphatic heterocycles. The number of hydrogen-bond donors (Lipinski definition) is 2. The lowest BCUT2D eigenvalue weighted by Crippen LogP contribution is -2.01. The van der Waals surface area contributed by atoms with Crippen LogP contribution in [0.15, 0.2) is 34.8 Å². The molecule has 0 saturated heterocycles. The Morgan fingerprint density at radius 1 is 1.40 bits per heavy atom. The molecule has 0 aliphatic carbocycles. The average molecular weight is 353 g/mol. The predicted octanol–water partition coefficient (Wildman–Crippen LogP) is 3.81. The van der Waals surface area contributed by atoms with Gasteiger partial charge in [-0.1, -0.05) is 27.5 Å². The van der Waals surface area contributed by atoms with Crippen molar-refractivity contribution >= 4 is 45.0 Å². The first-order chi connectivity index (χ1) is 9.49. The number of nitrogens with zero attached hydrogens (tertiary/aromatic N) is 2. The van der Waals surface area contributed by atoms with E-state index in [2.05, 4.69) is 26.2 Å². The van der Waals surface area contributed by atoms with Crippen LogP contribution in [0, 0.1) is 11.3 Å². The van der Waals surface area contributed by atoms with E-state index in [1.54, 1.807) is 18.2 Å². The second kappa shape index (κ2) is 5.90. The number of nitrogens with one attached hydrogen (secondary N) is 1. The number of benzene rings is 1. The molecule has 0 unspecified atom stereocenters. The standard InChI is InChI=1S/C13H7BrClN3O2/c14-9-1-2-10(8(3-9)6-16)17-12-5-7(13(19)20)4-11(15)18-12/h1-5H,(H,17,18)(H,19,20). The maximum atomic E-state index is 11.0. The summed E-state index contributed by atoms with van der Waals surface area (Å²) in [5.74, 6) is -0.845. The fourth-order valence-electron chi connectivity index (χ4n) is 1.54. The SMILES string of the molecule is N#Cc1cc(Br)ccc1Nc1cc(C(=O)O)cc(Cl)n1. The van der Waals surface area contributed by atoms with Crippen LogP contribution in [0.3, 0.4) is 0 Å². The van der Waals surface area contributed by atoms with Gasteiger partial charge in [0, 0.05) is 4.47 Å². The summed E-state index contributed by atoms with van der Waals surface area (Å²) in [6.45, 7) is 0. The Morgan fingerprint density at radius 3 is 2.80 bits per heavy atom. The highest BCUT2D eigenvalue weighted by atomic mass is 79.9. The summed E-state index contributed by atoms with van der Waals surface area (Å²) >= 11 is 9.04. The van der Waals surface area contributed by atoms with Gasteiger partial charge in [-0.25, -0.2) is 9.78 Å². The lowest BCUT2D eigenvalue weighted by molar-refractivity contribution is 0.0697. The number of aromatic nitrogens is 1. The molecule has 0 saturated carbocycles. The van der Waals surface area contributed by atoms with Crippen molar-refractivity contribution in [2.24, 2.45) is 0 Å². The van der Waals surface area contributed by atoms with Crippen LogP contribution >= 0.6 is 27.5 Å². The van der Waals surface area contributed by atoms with Crippen molar-refractivity contribution in [3.8, 4) is 6.07 Å². The predicted molar refractivity (Wildman–Crippen MR) is 78.3 cm³/mol. The monoisotopic (exact) mass is 351 g/mol. The zero-order valence-electron chi connectivity index (χ0n) is 9.89. The third-order valence-corrected chi connectivity index (χ3v) is 3.09. The lowest BCUT2D eigenvalue weighted by atomic mass is 10.2. The summed E-state index contributed by atoms with van der Waals surface area (Å²) in [5, 5.41) is 21.0. The highest BCUT2D eigenvalue weighted by Gasteiger charge is 2.09. The van der Waals surface area contributed by atoms with Crippen molar-refractivity contribution in [1.82, 2.24) is 4.98 Å². The van der Waals surface area contributed by atoms with Gasteiger partial charge in [0.1, 0.15) is 17.0 Å². The molecule has 1 aromatic heterocycles. The van der Waals surface area contributed by atoms with E-state index in [1.165, 1.54) is 12.1 Å². The Kier molecular flexibility index (Phi) is 4.23. The minimum absolute atomic E-state index is 0.0168. The van der Waals surface area contributed by atoms with Gasteiger partial charge in [-0.2, -0.15) is 5.26 Å². The minimum atomic E-state index is -1.10. The molecule has 2 rings (SSSR count). The van der Waals surface area contributed by atoms with Gasteiger partial charge in [0.25, 0.3) is 0 Å². The molecule has 0 spiro atoms. The van der Waals surface area contributed by atoms with Crippen molar-refractivity contribution in [3.05, 3.63) is 51.1 Å². The molecule has 2 N–H and O–H groups in total. The smallest absolute Gasteiger partial charge is 0.335 e. The van der Waals surface area contributed by atoms with E-state index in [4.69, 9.17) is 22.0 Å². The van der Waals surface area contributed by atoms with E-state index in [0.29, 0.717) is 11.3 Å². The molecule has 100 valence electrons. The summed E-state index contributed by atoms with van der Waals surface area (Å²) in [4.78, 5) is 14.9. The van der Waals surface area contributed by atoms with E-state index in [9.17, 15) is 4.79 Å². The van der Waals surface area contributed by atoms with E-state index in [-0.39, 0.29) is 16.5 Å². The molecular weight excluding hydrogens is 346 g/mol. The van der Waals surface area contributed by atoms with Gasteiger partial charge in [-0.05, 0) is 30.3 Å². The summed E-state index contributed by atoms with van der Waals surface area (Å²) in [5.41, 5.74) is 0.933. The molecular formula is C13H7BrClN3O2. The molecule has 7 heteroatoms. The van der Waals surface area contributed by atoms with Crippen LogP contribution < -0.4 is 5.32 Å². The van der Waals surface area contributed by atoms with Crippen LogP contribution in [0.4, 0.5) is 11.5 Å². The van der Waals surface area contributed by atoms with Gasteiger partial charge < -0.3 is 10.4 Å². The van der Waals surface area contributed by atoms with Crippen LogP contribution in [0.1, 0.15) is 15.9 Å². The van der Waals surface area contributed by atoms with Gasteiger partial charge in [-0.3, -0.25) is 0 Å². The van der Waals surface area contributed by atoms with Crippen molar-refractivity contribution in [2.75, 3.05) is 5.32 Å². The largest absolute Gasteiger partial charge is 0.478 e. The van der Waals surface area contributed by atoms with E-state index in [0.717, 1.165) is 4.47 Å². The highest BCUT2D eigenvalue weighted by molar-refractivity contribution is 9.10. The molecule has 0 atom stereocenters. The molecule has 2 aromatic rings. The van der Waals surface area contributed by atoms with Crippen LogP contribution in [-0.4, -0.2) is 16.1 Å². The van der Waals surface area contributed by atoms with Gasteiger partial charge >= 0.3 is 5.97 Å². The molecule has 0 bridgehead atoms. The summed E-state index contributed by atoms with van der Waals surface area (Å²) < 4.78 is 0.768. The van der Waals surface area contributed by atoms with Crippen LogP contribution in [0.5, 0.6) is 0 Å². The van der Waals surface area contributed by atoms with E-state index in [1.807, 2.05) is 6.07 Å². The number of carboxylic acids is 1. The average Bonchev–Trinajstić information content (AvgIpc) is 2.40. The van der Waals surface area contributed by atoms with Crippen molar-refractivity contribution in [1.29, 1.82) is 5.26 Å². The molecule has 0 amide bonds. The normalized spacial score (nSPS) is 9.85. The topological polar surface area (TPSA) is 86.0 Å². The van der Waals surface area contributed by atoms with Crippen LogP contribution in [0.25, 0.3) is 0 Å². The number of carbonyl (C=O) groups is 1. The van der Waals surface area contributed by atoms with Crippen molar-refractivity contribution in [3.63, 3.8) is 0 Å². The molecule has 1 heterocycles. The Morgan fingerprint density at radius 2 is 2.15 bits per heavy atom. The molecule has 0 radical (unpaired) electrons. The summed E-state index contributed by atoms with van der Waals surface area (Å²) in [6, 6.07) is 9.72. The number of pyridine rings is 1. The maximum Gasteiger partial charge on any atom is 0.335 e. The van der Waals surface area contributed by atoms with Crippen molar-refractivity contribution in [2.45, 2.75) is 0 Å². The van der Waals surface area contributed by atoms with E-state index < -0.39 is 5.97 Å². The highest BCUT2D eigenvalue weighted by Crippen LogP contribution is 2.24.